The largest absolute Gasteiger partial charge is 0.496 e. The van der Waals surface area contributed by atoms with E-state index in [4.69, 9.17) is 14.2 Å². The highest BCUT2D eigenvalue weighted by molar-refractivity contribution is 8.00. The number of thioether (sulfide) groups is 2. The molecule has 9 nitrogen and oxygen atoms in total. The minimum Gasteiger partial charge on any atom is -0.496 e. The van der Waals surface area contributed by atoms with Crippen molar-refractivity contribution < 1.29 is 33.4 Å². The van der Waals surface area contributed by atoms with Crippen LogP contribution < -0.4 is 24.8 Å². The van der Waals surface area contributed by atoms with Gasteiger partial charge in [-0.15, -0.1) is 0 Å². The Morgan fingerprint density at radius 3 is 1.65 bits per heavy atom. The van der Waals surface area contributed by atoms with Crippen molar-refractivity contribution in [2.45, 2.75) is 43.1 Å². The zero-order valence-electron chi connectivity index (χ0n) is 29.5. The number of para-hydroxylation sites is 1. The SMILES string of the molecule is COc1ccccc1CCOc1ccc(CC(SC)C(=O)NC=O)cc1.CSC(Cc1ccc(OCCc2cccc(C)c2)cc1)C(=O)NC=O. The number of imide groups is 2. The highest BCUT2D eigenvalue weighted by Gasteiger charge is 2.18. The van der Waals surface area contributed by atoms with E-state index in [0.717, 1.165) is 46.8 Å². The van der Waals surface area contributed by atoms with Crippen LogP contribution >= 0.6 is 23.5 Å². The molecule has 4 aromatic rings. The predicted octanol–water partition coefficient (Wildman–Crippen LogP) is 6.03. The third-order valence-electron chi connectivity index (χ3n) is 7.82. The van der Waals surface area contributed by atoms with Crippen molar-refractivity contribution >= 4 is 48.2 Å². The van der Waals surface area contributed by atoms with Gasteiger partial charge in [0.05, 0.1) is 30.8 Å². The average Bonchev–Trinajstić information content (AvgIpc) is 3.14. The summed E-state index contributed by atoms with van der Waals surface area (Å²) in [5.74, 6) is 1.92. The van der Waals surface area contributed by atoms with Crippen LogP contribution in [0.25, 0.3) is 0 Å². The van der Waals surface area contributed by atoms with E-state index in [1.165, 1.54) is 34.7 Å². The lowest BCUT2D eigenvalue weighted by Crippen LogP contribution is -2.32. The van der Waals surface area contributed by atoms with Crippen molar-refractivity contribution in [3.63, 3.8) is 0 Å². The van der Waals surface area contributed by atoms with Gasteiger partial charge in [0.25, 0.3) is 0 Å². The number of carbonyl (C=O) groups excluding carboxylic acids is 4. The molecule has 51 heavy (non-hydrogen) atoms. The Balaban J connectivity index is 0.000000276. The average molecular weight is 731 g/mol. The molecule has 2 atom stereocenters. The lowest BCUT2D eigenvalue weighted by atomic mass is 10.1. The van der Waals surface area contributed by atoms with Crippen molar-refractivity contribution in [3.05, 3.63) is 125 Å². The van der Waals surface area contributed by atoms with Gasteiger partial charge < -0.3 is 14.2 Å². The van der Waals surface area contributed by atoms with Crippen LogP contribution in [0.1, 0.15) is 27.8 Å². The molecule has 11 heteroatoms. The summed E-state index contributed by atoms with van der Waals surface area (Å²) in [5.41, 5.74) is 5.67. The third-order valence-corrected chi connectivity index (χ3v) is 9.72. The molecule has 0 fully saturated rings. The summed E-state index contributed by atoms with van der Waals surface area (Å²) >= 11 is 2.85. The van der Waals surface area contributed by atoms with Crippen LogP contribution in [0.3, 0.4) is 0 Å². The first-order valence-electron chi connectivity index (χ1n) is 16.4. The van der Waals surface area contributed by atoms with Crippen molar-refractivity contribution in [2.24, 2.45) is 0 Å². The maximum Gasteiger partial charge on any atom is 0.239 e. The third kappa shape index (κ3) is 14.6. The van der Waals surface area contributed by atoms with Crippen LogP contribution in [0, 0.1) is 6.92 Å². The summed E-state index contributed by atoms with van der Waals surface area (Å²) in [7, 11) is 1.66. The second-order valence-electron chi connectivity index (χ2n) is 11.4. The molecular formula is C40H46N2O7S2. The quantitative estimate of drug-likeness (QED) is 0.112. The molecule has 0 radical (unpaired) electrons. The zero-order chi connectivity index (χ0) is 36.8. The van der Waals surface area contributed by atoms with E-state index in [2.05, 4.69) is 41.8 Å². The Kier molecular flexibility index (Phi) is 18.2. The molecule has 4 rings (SSSR count). The summed E-state index contributed by atoms with van der Waals surface area (Å²) in [6, 6.07) is 31.7. The number of aryl methyl sites for hydroxylation is 1. The van der Waals surface area contributed by atoms with Gasteiger partial charge in [0.1, 0.15) is 17.2 Å². The Hall–Kier alpha value is -4.74. The molecule has 0 aliphatic carbocycles. The number of rotatable bonds is 19. The standard InChI is InChI=1S/C20H23NO4S.C20H23NO3S/c1-24-18-6-4-3-5-16(18)11-12-25-17-9-7-15(8-10-17)13-19(26-2)20(23)21-14-22;1-15-4-3-5-16(12-15)10-11-24-18-8-6-17(7-9-18)13-19(25-2)20(23)21-14-22/h3-10,14,19H,11-13H2,1-2H3,(H,21,22,23);3-9,12,14,19H,10-11,13H2,1-2H3,(H,21,22,23). The molecule has 0 aromatic heterocycles. The molecule has 4 amide bonds. The highest BCUT2D eigenvalue weighted by atomic mass is 32.2. The fraction of sp³-hybridized carbons (Fsp3) is 0.300. The van der Waals surface area contributed by atoms with Crippen molar-refractivity contribution in [3.8, 4) is 17.2 Å². The van der Waals surface area contributed by atoms with E-state index in [0.29, 0.717) is 38.9 Å². The van der Waals surface area contributed by atoms with Crippen LogP contribution in [0.15, 0.2) is 97.1 Å². The number of methoxy groups -OCH3 is 1. The number of benzene rings is 4. The fourth-order valence-corrected chi connectivity index (χ4v) is 6.37. The van der Waals surface area contributed by atoms with Gasteiger partial charge in [-0.05, 0) is 84.9 Å². The van der Waals surface area contributed by atoms with E-state index in [1.807, 2.05) is 85.3 Å². The van der Waals surface area contributed by atoms with Gasteiger partial charge in [-0.1, -0.05) is 72.3 Å². The Morgan fingerprint density at radius 2 is 1.18 bits per heavy atom. The highest BCUT2D eigenvalue weighted by Crippen LogP contribution is 2.21. The molecule has 0 heterocycles. The van der Waals surface area contributed by atoms with Crippen molar-refractivity contribution in [1.82, 2.24) is 10.6 Å². The summed E-state index contributed by atoms with van der Waals surface area (Å²) in [4.78, 5) is 44.3. The van der Waals surface area contributed by atoms with Crippen molar-refractivity contribution in [2.75, 3.05) is 32.8 Å². The summed E-state index contributed by atoms with van der Waals surface area (Å²) in [5, 5.41) is 3.84. The molecule has 0 bridgehead atoms. The molecule has 270 valence electrons. The second kappa shape index (κ2) is 22.9. The van der Waals surface area contributed by atoms with Crippen molar-refractivity contribution in [1.29, 1.82) is 0 Å². The number of hydrogen-bond acceptors (Lipinski definition) is 9. The first-order chi connectivity index (χ1) is 24.8. The molecule has 2 N–H and O–H groups in total. The smallest absolute Gasteiger partial charge is 0.239 e. The van der Waals surface area contributed by atoms with Crippen LogP contribution in [0.5, 0.6) is 17.2 Å². The fourth-order valence-electron chi connectivity index (χ4n) is 5.08. The van der Waals surface area contributed by atoms with Gasteiger partial charge in [-0.3, -0.25) is 29.8 Å². The molecule has 0 aliphatic heterocycles. The summed E-state index contributed by atoms with van der Waals surface area (Å²) in [6.45, 7) is 3.26. The molecule has 0 saturated heterocycles. The van der Waals surface area contributed by atoms with Crippen LogP contribution in [0.2, 0.25) is 0 Å². The van der Waals surface area contributed by atoms with E-state index >= 15 is 0 Å². The molecule has 0 saturated carbocycles. The van der Waals surface area contributed by atoms with Crippen LogP contribution in [-0.4, -0.2) is 68.0 Å². The van der Waals surface area contributed by atoms with Gasteiger partial charge in [-0.2, -0.15) is 23.5 Å². The topological polar surface area (TPSA) is 120 Å². The summed E-state index contributed by atoms with van der Waals surface area (Å²) in [6.07, 6.45) is 7.31. The van der Waals surface area contributed by atoms with E-state index in [9.17, 15) is 19.2 Å². The molecule has 0 spiro atoms. The Morgan fingerprint density at radius 1 is 0.667 bits per heavy atom. The number of hydrogen-bond donors (Lipinski definition) is 2. The number of amides is 4. The normalized spacial score (nSPS) is 11.5. The zero-order valence-corrected chi connectivity index (χ0v) is 31.1. The van der Waals surface area contributed by atoms with Gasteiger partial charge in [0.2, 0.25) is 24.6 Å². The van der Waals surface area contributed by atoms with Gasteiger partial charge in [0.15, 0.2) is 0 Å². The Labute approximate surface area is 309 Å². The number of ether oxygens (including phenoxy) is 3. The van der Waals surface area contributed by atoms with E-state index < -0.39 is 0 Å². The molecule has 2 unspecified atom stereocenters. The minimum absolute atomic E-state index is 0.263. The molecule has 0 aliphatic rings. The van der Waals surface area contributed by atoms with Gasteiger partial charge >= 0.3 is 0 Å². The first kappa shape index (κ1) is 40.7. The van der Waals surface area contributed by atoms with Crippen LogP contribution in [-0.2, 0) is 44.9 Å². The maximum absolute atomic E-state index is 11.8. The summed E-state index contributed by atoms with van der Waals surface area (Å²) < 4.78 is 16.9. The lowest BCUT2D eigenvalue weighted by Gasteiger charge is -2.13. The van der Waals surface area contributed by atoms with Crippen LogP contribution in [0.4, 0.5) is 0 Å². The lowest BCUT2D eigenvalue weighted by molar-refractivity contribution is -0.126. The molecular weight excluding hydrogens is 685 g/mol. The minimum atomic E-state index is -0.294. The number of carbonyl (C=O) groups is 4. The van der Waals surface area contributed by atoms with Gasteiger partial charge in [0, 0.05) is 12.8 Å². The van der Waals surface area contributed by atoms with E-state index in [1.54, 1.807) is 7.11 Å². The second-order valence-corrected chi connectivity index (χ2v) is 13.5. The number of nitrogens with one attached hydrogen (secondary N) is 2. The predicted molar refractivity (Wildman–Crippen MR) is 206 cm³/mol. The Bertz CT molecular complexity index is 1670. The monoisotopic (exact) mass is 730 g/mol. The maximum atomic E-state index is 11.8. The van der Waals surface area contributed by atoms with E-state index in [-0.39, 0.29) is 22.3 Å². The van der Waals surface area contributed by atoms with Gasteiger partial charge in [-0.25, -0.2) is 0 Å². The molecule has 4 aromatic carbocycles. The first-order valence-corrected chi connectivity index (χ1v) is 19.0.